The van der Waals surface area contributed by atoms with E-state index in [1.54, 1.807) is 43.3 Å². The van der Waals surface area contributed by atoms with E-state index in [1.165, 1.54) is 4.90 Å². The van der Waals surface area contributed by atoms with Gasteiger partial charge in [0, 0.05) is 26.3 Å². The summed E-state index contributed by atoms with van der Waals surface area (Å²) >= 11 is 5.99. The van der Waals surface area contributed by atoms with Crippen molar-refractivity contribution in [2.75, 3.05) is 30.4 Å². The van der Waals surface area contributed by atoms with Crippen molar-refractivity contribution in [3.63, 3.8) is 0 Å². The maximum atomic E-state index is 13.2. The summed E-state index contributed by atoms with van der Waals surface area (Å²) in [5, 5.41) is -0.506. The van der Waals surface area contributed by atoms with E-state index >= 15 is 0 Å². The first kappa shape index (κ1) is 17.3. The third kappa shape index (κ3) is 3.67. The first-order chi connectivity index (χ1) is 10.8. The highest BCUT2D eigenvalue weighted by Gasteiger charge is 2.38. The van der Waals surface area contributed by atoms with E-state index in [0.29, 0.717) is 12.2 Å². The summed E-state index contributed by atoms with van der Waals surface area (Å²) in [5.41, 5.74) is -0.435. The topological polar surface area (TPSA) is 32.3 Å². The number of hydrogen-bond donors (Lipinski definition) is 0. The van der Waals surface area contributed by atoms with Gasteiger partial charge in [0.15, 0.2) is 11.5 Å². The van der Waals surface area contributed by atoms with Crippen molar-refractivity contribution in [2.24, 2.45) is 0 Å². The Labute approximate surface area is 137 Å². The zero-order valence-corrected chi connectivity index (χ0v) is 13.7. The van der Waals surface area contributed by atoms with E-state index < -0.39 is 16.9 Å². The molecule has 1 heterocycles. The van der Waals surface area contributed by atoms with Crippen LogP contribution in [0.5, 0.6) is 0 Å². The Hall–Kier alpha value is -2.02. The molecule has 0 saturated heterocycles. The third-order valence-corrected chi connectivity index (χ3v) is 3.48. The van der Waals surface area contributed by atoms with Gasteiger partial charge >= 0.3 is 6.18 Å². The fourth-order valence-corrected chi connectivity index (χ4v) is 2.35. The lowest BCUT2D eigenvalue weighted by molar-refractivity contribution is -0.141. The lowest BCUT2D eigenvalue weighted by atomic mass is 10.2. The molecule has 1 aromatic heterocycles. The third-order valence-electron chi connectivity index (χ3n) is 3.13. The van der Waals surface area contributed by atoms with Gasteiger partial charge in [0.1, 0.15) is 5.02 Å². The highest BCUT2D eigenvalue weighted by atomic mass is 35.5. The molecule has 2 aromatic rings. The zero-order chi connectivity index (χ0) is 17.2. The van der Waals surface area contributed by atoms with Crippen LogP contribution in [-0.4, -0.2) is 30.6 Å². The second-order valence-electron chi connectivity index (χ2n) is 4.98. The molecular weight excluding hydrogens is 329 g/mol. The Bertz CT molecular complexity index is 674. The van der Waals surface area contributed by atoms with Crippen LogP contribution in [0.1, 0.15) is 12.6 Å². The molecule has 0 fully saturated rings. The molecule has 8 heteroatoms. The molecule has 124 valence electrons. The van der Waals surface area contributed by atoms with Gasteiger partial charge in [-0.05, 0) is 19.1 Å². The molecule has 2 rings (SSSR count). The van der Waals surface area contributed by atoms with Crippen LogP contribution in [0.25, 0.3) is 0 Å². The van der Waals surface area contributed by atoms with Gasteiger partial charge < -0.3 is 9.80 Å². The van der Waals surface area contributed by atoms with Gasteiger partial charge in [0.25, 0.3) is 0 Å². The van der Waals surface area contributed by atoms with Crippen LogP contribution in [0.4, 0.5) is 30.6 Å². The normalized spacial score (nSPS) is 11.4. The van der Waals surface area contributed by atoms with Gasteiger partial charge in [-0.25, -0.2) is 4.98 Å². The fourth-order valence-electron chi connectivity index (χ4n) is 2.05. The Morgan fingerprint density at radius 1 is 1.09 bits per heavy atom. The van der Waals surface area contributed by atoms with Crippen molar-refractivity contribution in [2.45, 2.75) is 13.1 Å². The number of anilines is 3. The lowest BCUT2D eigenvalue weighted by Crippen LogP contribution is -2.23. The van der Waals surface area contributed by atoms with Gasteiger partial charge in [-0.1, -0.05) is 29.8 Å². The van der Waals surface area contributed by atoms with E-state index in [1.807, 2.05) is 13.0 Å². The minimum atomic E-state index is -4.66. The van der Waals surface area contributed by atoms with Gasteiger partial charge in [-0.2, -0.15) is 18.2 Å². The van der Waals surface area contributed by atoms with Crippen molar-refractivity contribution >= 4 is 29.1 Å². The Balaban J connectivity index is 2.67. The minimum Gasteiger partial charge on any atom is -0.347 e. The van der Waals surface area contributed by atoms with Crippen LogP contribution in [0.3, 0.4) is 0 Å². The molecule has 0 aliphatic carbocycles. The monoisotopic (exact) mass is 344 g/mol. The molecule has 0 N–H and O–H groups in total. The van der Waals surface area contributed by atoms with Crippen molar-refractivity contribution < 1.29 is 13.2 Å². The minimum absolute atomic E-state index is 0.0337. The Morgan fingerprint density at radius 3 is 2.17 bits per heavy atom. The number of aromatic nitrogens is 2. The number of nitrogens with zero attached hydrogens (tertiary/aromatic N) is 4. The van der Waals surface area contributed by atoms with Gasteiger partial charge in [0.05, 0.1) is 0 Å². The molecule has 0 spiro atoms. The summed E-state index contributed by atoms with van der Waals surface area (Å²) in [6, 6.07) is 8.98. The molecule has 0 aliphatic rings. The summed E-state index contributed by atoms with van der Waals surface area (Å²) in [6.45, 7) is 2.22. The average molecular weight is 345 g/mol. The molecular formula is C15H16ClF3N4. The van der Waals surface area contributed by atoms with Crippen molar-refractivity contribution in [3.8, 4) is 0 Å². The maximum Gasteiger partial charge on any atom is 0.435 e. The largest absolute Gasteiger partial charge is 0.435 e. The summed E-state index contributed by atoms with van der Waals surface area (Å²) in [5.74, 6) is -0.0162. The molecule has 0 atom stereocenters. The van der Waals surface area contributed by atoms with Crippen molar-refractivity contribution in [1.29, 1.82) is 0 Å². The molecule has 0 saturated carbocycles. The molecule has 0 radical (unpaired) electrons. The number of alkyl halides is 3. The molecule has 0 unspecified atom stereocenters. The Kier molecular flexibility index (Phi) is 4.99. The van der Waals surface area contributed by atoms with Crippen LogP contribution < -0.4 is 9.80 Å². The fraction of sp³-hybridized carbons (Fsp3) is 0.333. The predicted octanol–water partition coefficient (Wildman–Crippen LogP) is 4.37. The first-order valence-corrected chi connectivity index (χ1v) is 7.28. The van der Waals surface area contributed by atoms with E-state index in [0.717, 1.165) is 0 Å². The standard InChI is InChI=1S/C15H16ClF3N4/c1-4-23(10-8-6-5-7-9-10)13-11(16)12(15(17,18)19)20-14(21-13)22(2)3/h5-9H,4H2,1-3H3. The molecule has 1 aromatic carbocycles. The van der Waals surface area contributed by atoms with E-state index in [9.17, 15) is 13.2 Å². The highest BCUT2D eigenvalue weighted by Crippen LogP contribution is 2.40. The van der Waals surface area contributed by atoms with Crippen LogP contribution in [0.2, 0.25) is 5.02 Å². The van der Waals surface area contributed by atoms with Gasteiger partial charge in [0.2, 0.25) is 5.95 Å². The number of rotatable bonds is 4. The van der Waals surface area contributed by atoms with Crippen molar-refractivity contribution in [1.82, 2.24) is 9.97 Å². The van der Waals surface area contributed by atoms with Gasteiger partial charge in [-0.3, -0.25) is 0 Å². The summed E-state index contributed by atoms with van der Waals surface area (Å²) in [7, 11) is 3.15. The van der Waals surface area contributed by atoms with Crippen LogP contribution in [0, 0.1) is 0 Å². The molecule has 0 aliphatic heterocycles. The second-order valence-corrected chi connectivity index (χ2v) is 5.36. The summed E-state index contributed by atoms with van der Waals surface area (Å²) in [4.78, 5) is 10.8. The molecule has 0 bridgehead atoms. The highest BCUT2D eigenvalue weighted by molar-refractivity contribution is 6.33. The number of halogens is 4. The number of benzene rings is 1. The molecule has 0 amide bonds. The zero-order valence-electron chi connectivity index (χ0n) is 12.9. The Morgan fingerprint density at radius 2 is 1.70 bits per heavy atom. The molecule has 4 nitrogen and oxygen atoms in total. The summed E-state index contributed by atoms with van der Waals surface area (Å²) in [6.07, 6.45) is -4.66. The lowest BCUT2D eigenvalue weighted by Gasteiger charge is -2.25. The van der Waals surface area contributed by atoms with Gasteiger partial charge in [-0.15, -0.1) is 0 Å². The predicted molar refractivity (Wildman–Crippen MR) is 85.5 cm³/mol. The number of hydrogen-bond acceptors (Lipinski definition) is 4. The smallest absolute Gasteiger partial charge is 0.347 e. The number of para-hydroxylation sites is 1. The van der Waals surface area contributed by atoms with E-state index in [2.05, 4.69) is 9.97 Å². The van der Waals surface area contributed by atoms with Crippen LogP contribution >= 0.6 is 11.6 Å². The van der Waals surface area contributed by atoms with Crippen LogP contribution in [0.15, 0.2) is 30.3 Å². The van der Waals surface area contributed by atoms with Crippen LogP contribution in [-0.2, 0) is 6.18 Å². The summed E-state index contributed by atoms with van der Waals surface area (Å²) < 4.78 is 39.7. The van der Waals surface area contributed by atoms with Crippen molar-refractivity contribution in [3.05, 3.63) is 41.0 Å². The maximum absolute atomic E-state index is 13.2. The van der Waals surface area contributed by atoms with E-state index in [4.69, 9.17) is 11.6 Å². The SMILES string of the molecule is CCN(c1ccccc1)c1nc(N(C)C)nc(C(F)(F)F)c1Cl. The van der Waals surface area contributed by atoms with E-state index in [-0.39, 0.29) is 11.8 Å². The molecule has 23 heavy (non-hydrogen) atoms. The average Bonchev–Trinajstić information content (AvgIpc) is 2.49. The quantitative estimate of drug-likeness (QED) is 0.824. The first-order valence-electron chi connectivity index (χ1n) is 6.90. The second kappa shape index (κ2) is 6.62.